The number of nitrogens with one attached hydrogen (secondary N) is 10. The largest absolute Gasteiger partial charge is 0.508 e. The summed E-state index contributed by atoms with van der Waals surface area (Å²) >= 11 is 7.23. The first kappa shape index (κ1) is 91.4. The molecule has 6 aliphatic heterocycles. The third-order valence-corrected chi connectivity index (χ3v) is 24.3. The number of hydrogen-bond donors (Lipinski definition) is 19. The van der Waals surface area contributed by atoms with E-state index in [1.54, 1.807) is 0 Å². The van der Waals surface area contributed by atoms with Gasteiger partial charge in [-0.25, -0.2) is 4.79 Å². The summed E-state index contributed by atoms with van der Waals surface area (Å²) in [5.74, 6) is -12.2. The fourth-order valence-electron chi connectivity index (χ4n) is 17.7. The molecule has 14 atom stereocenters. The molecule has 10 amide bonds. The van der Waals surface area contributed by atoms with Crippen molar-refractivity contribution in [2.45, 2.75) is 216 Å². The molecule has 125 heavy (non-hydrogen) atoms. The minimum atomic E-state index is -2.37. The van der Waals surface area contributed by atoms with Crippen LogP contribution in [0.1, 0.15) is 182 Å². The maximum atomic E-state index is 16.6. The van der Waals surface area contributed by atoms with Gasteiger partial charge < -0.3 is 128 Å². The molecule has 672 valence electrons. The molecule has 6 aromatic carbocycles. The zero-order valence-electron chi connectivity index (χ0n) is 70.3. The number of likely N-dealkylation sites (N-methyl/N-ethyl adjacent to an activating group) is 1. The van der Waals surface area contributed by atoms with Crippen molar-refractivity contribution in [3.63, 3.8) is 0 Å². The van der Waals surface area contributed by atoms with Gasteiger partial charge in [-0.15, -0.1) is 0 Å². The van der Waals surface area contributed by atoms with Gasteiger partial charge in [0.15, 0.2) is 23.0 Å². The number of unbranched alkanes of at least 4 members (excludes halogenated alkanes) is 3. The fraction of sp³-hybridized carbons (Fsp3) is 0.494. The Morgan fingerprint density at radius 2 is 1.20 bits per heavy atom. The van der Waals surface area contributed by atoms with Crippen LogP contribution < -0.4 is 87.3 Å². The highest BCUT2D eigenvalue weighted by Gasteiger charge is 2.51. The van der Waals surface area contributed by atoms with Crippen molar-refractivity contribution in [3.8, 4) is 74.4 Å². The van der Waals surface area contributed by atoms with Crippen molar-refractivity contribution in [3.05, 3.63) is 129 Å². The van der Waals surface area contributed by atoms with Gasteiger partial charge in [-0.2, -0.15) is 0 Å². The molecule has 1 saturated heterocycles. The number of fused-ring (bicyclic) bond motifs is 15. The number of ether oxygens (including phenoxy) is 7. The third kappa shape index (κ3) is 20.6. The van der Waals surface area contributed by atoms with Crippen LogP contribution in [0, 0.1) is 36.5 Å². The lowest BCUT2D eigenvalue weighted by Gasteiger charge is -2.54. The number of carbonyl (C=O) groups is 9. The van der Waals surface area contributed by atoms with Crippen molar-refractivity contribution in [2.24, 2.45) is 35.3 Å². The van der Waals surface area contributed by atoms with E-state index in [0.29, 0.717) is 31.1 Å². The number of aryl methyl sites for hydroxylation is 1. The van der Waals surface area contributed by atoms with E-state index in [1.807, 2.05) is 34.6 Å². The quantitative estimate of drug-likeness (QED) is 0.0264. The number of nitrogens with two attached hydrogens (primary N) is 1. The highest BCUT2D eigenvalue weighted by molar-refractivity contribution is 6.32. The Bertz CT molecular complexity index is 4980. The number of aromatic hydroxyl groups is 3. The maximum Gasteiger partial charge on any atom is 0.325 e. The highest BCUT2D eigenvalue weighted by atomic mass is 35.5. The van der Waals surface area contributed by atoms with Gasteiger partial charge in [-0.3, -0.25) is 43.7 Å². The summed E-state index contributed by atoms with van der Waals surface area (Å²) in [7, 11) is 1.50. The number of rotatable bonds is 25. The van der Waals surface area contributed by atoms with Crippen molar-refractivity contribution in [1.82, 2.24) is 47.9 Å². The monoisotopic (exact) mass is 1750 g/mol. The van der Waals surface area contributed by atoms with Gasteiger partial charge in [0.1, 0.15) is 102 Å². The number of anilines is 1. The number of halogens is 1. The number of hydrogen-bond acceptors (Lipinski definition) is 26. The van der Waals surface area contributed by atoms with Crippen molar-refractivity contribution in [1.29, 1.82) is 0 Å². The van der Waals surface area contributed by atoms with E-state index in [2.05, 4.69) is 53.2 Å². The molecule has 6 aromatic rings. The molecule has 36 heteroatoms. The summed E-state index contributed by atoms with van der Waals surface area (Å²) in [6, 6.07) is 2.50. The molecular weight excluding hydrogens is 1640 g/mol. The number of aliphatic hydroxyl groups excluding tert-OH is 5. The Labute approximate surface area is 726 Å². The Morgan fingerprint density at radius 1 is 0.600 bits per heavy atom. The lowest BCUT2D eigenvalue weighted by Crippen LogP contribution is -2.60. The fourth-order valence-corrected chi connectivity index (χ4v) is 17.9. The zero-order valence-corrected chi connectivity index (χ0v) is 71.0. The summed E-state index contributed by atoms with van der Waals surface area (Å²) in [6.45, 7) is 11.4. The number of amides is 10. The standard InChI is InChI=1S/C89H110ClN11O24/c1-8-11-20-119-61-34-50(35-62(120-21-12-9-2)79(61)121-22-13-10-3)93-89(118)95-66(105)38-56-82(112)97-70-49-32-63(122-59-18-15-45(24-41(59)6)74(106)72(86(116)94-56)100-81(111)55(92-7)23-40(4)5)80(125-88-78(110)77(109)76(108)65(39-91)124-88)64(33-49)123-60-19-16-46(31-54(60)90)75(107)73-87(117)99-71(85(115)96-68-47-26-42-25-43(28-47)29-48(68)27-42)53-36-51(102)37-58(104)67(53)52-30-44(14-17-57(52)103)69(83(113)101-73)98-84(70)114/h14-19,24,30-37,40,42-43,47-48,55-56,65,68-78,88,92,102-104,106-110H,8-13,20-23,25-29,38-39,91H2,1-7H3,(H,94,116)(H,96,115)(H,97,112)(H,98,114)(H,99,117)(H,100,111)(H,101,113)(H2,93,95,105,118)/t42?,43?,47?,48?,55-,56+,65-,68?,69-,70-,71+,72-,73+,74-,75-,76-,77+,78-,88+/m1/s1. The number of imide groups is 1. The van der Waals surface area contributed by atoms with Crippen LogP contribution >= 0.6 is 11.6 Å². The van der Waals surface area contributed by atoms with Gasteiger partial charge >= 0.3 is 6.03 Å². The number of urea groups is 1. The number of aliphatic hydroxyl groups is 5. The maximum absolute atomic E-state index is 16.6. The molecule has 4 saturated carbocycles. The molecule has 0 unspecified atom stereocenters. The average molecular weight is 1750 g/mol. The second-order valence-corrected chi connectivity index (χ2v) is 34.0. The SMILES string of the molecule is CCCCOc1cc(NC(=O)NC(=O)C[C@@H]2NC(=O)[C@H](NC(=O)[C@@H](CC(C)C)NC)[C@H](O)c3ccc(c(C)c3)Oc3cc4cc(c3O[C@@H]3O[C@H](CN)[C@@H](O)[C@H](O)[C@H]3O)Oc3ccc(cc3Cl)[C@@H](O)[C@@H]3NC(=O)[C@H](NC(=O)[C@@H]4NC2=O)c2ccc(O)c(c2)-c2c(O)cc(O)cc2[C@@H](C(=O)NC2C4CC5CC(C4)CC2C5)NC3=O)cc(OCCCC)c1OCCCC. The summed E-state index contributed by atoms with van der Waals surface area (Å²) < 4.78 is 44.7. The summed E-state index contributed by atoms with van der Waals surface area (Å²) in [6.07, 6.45) is -5.83. The highest BCUT2D eigenvalue weighted by Crippen LogP contribution is 2.55. The first-order chi connectivity index (χ1) is 59.8. The van der Waals surface area contributed by atoms with Gasteiger partial charge in [-0.1, -0.05) is 83.7 Å². The molecule has 4 aliphatic carbocycles. The van der Waals surface area contributed by atoms with Crippen LogP contribution in [0.5, 0.6) is 63.2 Å². The molecule has 20 N–H and O–H groups in total. The number of carbonyl (C=O) groups excluding carboxylic acids is 9. The molecule has 16 rings (SSSR count). The van der Waals surface area contributed by atoms with Gasteiger partial charge in [0, 0.05) is 41.9 Å². The second-order valence-electron chi connectivity index (χ2n) is 33.6. The predicted octanol–water partition coefficient (Wildman–Crippen LogP) is 6.75. The third-order valence-electron chi connectivity index (χ3n) is 24.0. The van der Waals surface area contributed by atoms with Crippen LogP contribution in [0.15, 0.2) is 91.0 Å². The molecule has 6 heterocycles. The molecule has 10 aliphatic rings. The Morgan fingerprint density at radius 3 is 1.82 bits per heavy atom. The second kappa shape index (κ2) is 39.9. The lowest BCUT2D eigenvalue weighted by molar-refractivity contribution is -0.270. The number of benzene rings is 6. The van der Waals surface area contributed by atoms with Gasteiger partial charge in [0.05, 0.1) is 43.0 Å². The minimum absolute atomic E-state index is 0.0456. The van der Waals surface area contributed by atoms with E-state index >= 15 is 28.8 Å². The summed E-state index contributed by atoms with van der Waals surface area (Å²) in [4.78, 5) is 140. The van der Waals surface area contributed by atoms with Gasteiger partial charge in [0.25, 0.3) is 0 Å². The Hall–Kier alpha value is -11.3. The molecule has 0 radical (unpaired) electrons. The van der Waals surface area contributed by atoms with Crippen molar-refractivity contribution < 1.29 is 117 Å². The van der Waals surface area contributed by atoms with Crippen LogP contribution in [0.25, 0.3) is 11.1 Å². The smallest absolute Gasteiger partial charge is 0.325 e. The van der Waals surface area contributed by atoms with E-state index in [9.17, 15) is 55.2 Å². The van der Waals surface area contributed by atoms with Crippen molar-refractivity contribution in [2.75, 3.05) is 38.7 Å². The molecule has 0 aromatic heterocycles. The first-order valence-corrected chi connectivity index (χ1v) is 42.9. The molecule has 5 fully saturated rings. The Kier molecular flexibility index (Phi) is 29.2. The van der Waals surface area contributed by atoms with Gasteiger partial charge in [-0.05, 0) is 189 Å². The van der Waals surface area contributed by atoms with Crippen LogP contribution in [0.4, 0.5) is 10.5 Å². The van der Waals surface area contributed by atoms with E-state index in [4.69, 9.17) is 50.5 Å². The van der Waals surface area contributed by atoms with Crippen LogP contribution in [-0.2, 0) is 43.1 Å². The zero-order chi connectivity index (χ0) is 89.5. The van der Waals surface area contributed by atoms with Crippen LogP contribution in [0.3, 0.4) is 0 Å². The normalized spacial score (nSPS) is 26.5. The molecule has 15 bridgehead atoms. The predicted molar refractivity (Wildman–Crippen MR) is 452 cm³/mol. The van der Waals surface area contributed by atoms with E-state index in [1.165, 1.54) is 56.4 Å². The lowest BCUT2D eigenvalue weighted by atomic mass is 9.54. The minimum Gasteiger partial charge on any atom is -0.508 e. The Balaban J connectivity index is 0.980. The van der Waals surface area contributed by atoms with E-state index in [0.717, 1.165) is 99.9 Å². The van der Waals surface area contributed by atoms with Gasteiger partial charge in [0.2, 0.25) is 65.0 Å². The van der Waals surface area contributed by atoms with Crippen molar-refractivity contribution >= 4 is 70.6 Å². The van der Waals surface area contributed by atoms with Crippen LogP contribution in [0.2, 0.25) is 5.02 Å². The molecule has 0 spiro atoms. The first-order valence-electron chi connectivity index (χ1n) is 42.6. The number of phenols is 3. The summed E-state index contributed by atoms with van der Waals surface area (Å²) in [5.41, 5.74) is 4.28. The van der Waals surface area contributed by atoms with E-state index in [-0.39, 0.29) is 128 Å². The molecule has 35 nitrogen and oxygen atoms in total. The van der Waals surface area contributed by atoms with E-state index < -0.39 is 192 Å². The summed E-state index contributed by atoms with van der Waals surface area (Å²) in [5, 5.41) is 122. The topological polar surface area (TPSA) is 526 Å². The van der Waals surface area contributed by atoms with Crippen LogP contribution in [-0.4, -0.2) is 188 Å². The number of phenolic OH excluding ortho intramolecular Hbond substituents is 3. The molecular formula is C89H110ClN11O24. The average Bonchev–Trinajstić information content (AvgIpc) is 0.755.